The predicted octanol–water partition coefficient (Wildman–Crippen LogP) is 1.27. The molecule has 2 aromatic heterocycles. The lowest BCUT2D eigenvalue weighted by molar-refractivity contribution is 0.303. The fourth-order valence-electron chi connectivity index (χ4n) is 1.83. The second kappa shape index (κ2) is 6.29. The van der Waals surface area contributed by atoms with E-state index in [1.165, 1.54) is 0 Å². The largest absolute Gasteiger partial charge is 0.369 e. The summed E-state index contributed by atoms with van der Waals surface area (Å²) >= 11 is 0. The van der Waals surface area contributed by atoms with Crippen LogP contribution in [0.15, 0.2) is 24.8 Å². The van der Waals surface area contributed by atoms with Crippen molar-refractivity contribution in [3.63, 3.8) is 0 Å². The summed E-state index contributed by atoms with van der Waals surface area (Å²) in [6.45, 7) is 4.44. The van der Waals surface area contributed by atoms with Crippen molar-refractivity contribution in [3.05, 3.63) is 36.3 Å². The Morgan fingerprint density at radius 3 is 2.63 bits per heavy atom. The van der Waals surface area contributed by atoms with Crippen LogP contribution in [0.4, 0.5) is 5.82 Å². The van der Waals surface area contributed by atoms with Crippen molar-refractivity contribution >= 4 is 5.82 Å². The van der Waals surface area contributed by atoms with Gasteiger partial charge in [0.1, 0.15) is 11.6 Å². The number of imidazole rings is 1. The fraction of sp³-hybridized carbons (Fsp3) is 0.462. The van der Waals surface area contributed by atoms with Gasteiger partial charge in [0.15, 0.2) is 0 Å². The highest BCUT2D eigenvalue weighted by Crippen LogP contribution is 2.05. The molecule has 0 unspecified atom stereocenters. The van der Waals surface area contributed by atoms with Crippen LogP contribution in [0.1, 0.15) is 18.4 Å². The first kappa shape index (κ1) is 13.5. The molecule has 2 heterocycles. The van der Waals surface area contributed by atoms with Crippen molar-refractivity contribution in [2.75, 3.05) is 18.9 Å². The maximum atomic E-state index is 4.40. The molecule has 102 valence electrons. The van der Waals surface area contributed by atoms with Crippen LogP contribution in [0.5, 0.6) is 0 Å². The lowest BCUT2D eigenvalue weighted by Crippen LogP contribution is -2.20. The summed E-state index contributed by atoms with van der Waals surface area (Å²) < 4.78 is 2.02. The van der Waals surface area contributed by atoms with E-state index >= 15 is 0 Å². The SMILES string of the molecule is CCNc1cnc(CN(C)Cc2nccn2C)cn1. The molecule has 0 atom stereocenters. The Balaban J connectivity index is 1.91. The van der Waals surface area contributed by atoms with Crippen LogP contribution >= 0.6 is 0 Å². The molecule has 0 bridgehead atoms. The van der Waals surface area contributed by atoms with E-state index < -0.39 is 0 Å². The maximum absolute atomic E-state index is 4.40. The van der Waals surface area contributed by atoms with Gasteiger partial charge in [0, 0.05) is 32.5 Å². The average Bonchev–Trinajstić information content (AvgIpc) is 2.78. The second-order valence-corrected chi connectivity index (χ2v) is 4.55. The Labute approximate surface area is 113 Å². The minimum atomic E-state index is 0.756. The third-order valence-corrected chi connectivity index (χ3v) is 2.83. The molecular weight excluding hydrogens is 240 g/mol. The van der Waals surface area contributed by atoms with Crippen molar-refractivity contribution in [2.24, 2.45) is 7.05 Å². The number of aryl methyl sites for hydroxylation is 1. The summed E-state index contributed by atoms with van der Waals surface area (Å²) in [6, 6.07) is 0. The second-order valence-electron chi connectivity index (χ2n) is 4.55. The number of aromatic nitrogens is 4. The van der Waals surface area contributed by atoms with E-state index in [1.54, 1.807) is 6.20 Å². The number of hydrogen-bond donors (Lipinski definition) is 1. The van der Waals surface area contributed by atoms with E-state index in [0.717, 1.165) is 37.0 Å². The van der Waals surface area contributed by atoms with Crippen LogP contribution < -0.4 is 5.32 Å². The molecule has 0 spiro atoms. The number of nitrogens with one attached hydrogen (secondary N) is 1. The topological polar surface area (TPSA) is 58.9 Å². The average molecular weight is 260 g/mol. The Bertz CT molecular complexity index is 504. The summed E-state index contributed by atoms with van der Waals surface area (Å²) in [7, 11) is 4.05. The molecule has 0 amide bonds. The fourth-order valence-corrected chi connectivity index (χ4v) is 1.83. The van der Waals surface area contributed by atoms with Crippen LogP contribution in [0, 0.1) is 0 Å². The number of rotatable bonds is 6. The van der Waals surface area contributed by atoms with Crippen molar-refractivity contribution in [3.8, 4) is 0 Å². The van der Waals surface area contributed by atoms with Gasteiger partial charge in [-0.2, -0.15) is 0 Å². The monoisotopic (exact) mass is 260 g/mol. The highest BCUT2D eigenvalue weighted by atomic mass is 15.2. The van der Waals surface area contributed by atoms with Gasteiger partial charge in [-0.05, 0) is 14.0 Å². The molecule has 2 rings (SSSR count). The molecule has 1 N–H and O–H groups in total. The summed E-state index contributed by atoms with van der Waals surface area (Å²) in [6.07, 6.45) is 7.35. The van der Waals surface area contributed by atoms with Crippen LogP contribution in [-0.4, -0.2) is 38.0 Å². The molecule has 0 aliphatic rings. The van der Waals surface area contributed by atoms with E-state index in [0.29, 0.717) is 0 Å². The van der Waals surface area contributed by atoms with Gasteiger partial charge in [-0.25, -0.2) is 9.97 Å². The molecule has 6 nitrogen and oxygen atoms in total. The molecular formula is C13H20N6. The summed E-state index contributed by atoms with van der Waals surface area (Å²) in [4.78, 5) is 15.2. The van der Waals surface area contributed by atoms with Crippen LogP contribution in [0.3, 0.4) is 0 Å². The maximum Gasteiger partial charge on any atom is 0.144 e. The van der Waals surface area contributed by atoms with Gasteiger partial charge in [-0.1, -0.05) is 0 Å². The van der Waals surface area contributed by atoms with E-state index in [2.05, 4.69) is 32.2 Å². The van der Waals surface area contributed by atoms with E-state index in [1.807, 2.05) is 37.1 Å². The molecule has 0 aliphatic carbocycles. The zero-order chi connectivity index (χ0) is 13.7. The molecule has 2 aromatic rings. The molecule has 0 aliphatic heterocycles. The lowest BCUT2D eigenvalue weighted by atomic mass is 10.4. The minimum Gasteiger partial charge on any atom is -0.369 e. The summed E-state index contributed by atoms with van der Waals surface area (Å²) in [5.74, 6) is 1.86. The van der Waals surface area contributed by atoms with Gasteiger partial charge in [0.05, 0.1) is 24.6 Å². The highest BCUT2D eigenvalue weighted by molar-refractivity contribution is 5.30. The Morgan fingerprint density at radius 2 is 2.05 bits per heavy atom. The van der Waals surface area contributed by atoms with E-state index in [9.17, 15) is 0 Å². The van der Waals surface area contributed by atoms with Gasteiger partial charge < -0.3 is 9.88 Å². The number of anilines is 1. The van der Waals surface area contributed by atoms with Crippen molar-refractivity contribution in [1.82, 2.24) is 24.4 Å². The summed E-state index contributed by atoms with van der Waals surface area (Å²) in [5, 5.41) is 3.13. The van der Waals surface area contributed by atoms with Crippen molar-refractivity contribution < 1.29 is 0 Å². The third-order valence-electron chi connectivity index (χ3n) is 2.83. The quantitative estimate of drug-likeness (QED) is 0.847. The Hall–Kier alpha value is -1.95. The standard InChI is InChI=1S/C13H20N6/c1-4-14-12-8-16-11(7-17-12)9-18(2)10-13-15-5-6-19(13)3/h5-8H,4,9-10H2,1-3H3,(H,14,17). The third kappa shape index (κ3) is 3.75. The van der Waals surface area contributed by atoms with Gasteiger partial charge >= 0.3 is 0 Å². The van der Waals surface area contributed by atoms with Crippen LogP contribution in [0.2, 0.25) is 0 Å². The molecule has 6 heteroatoms. The predicted molar refractivity (Wildman–Crippen MR) is 74.6 cm³/mol. The number of nitrogens with zero attached hydrogens (tertiary/aromatic N) is 5. The molecule has 19 heavy (non-hydrogen) atoms. The van der Waals surface area contributed by atoms with E-state index in [4.69, 9.17) is 0 Å². The van der Waals surface area contributed by atoms with Crippen molar-refractivity contribution in [2.45, 2.75) is 20.0 Å². The zero-order valence-electron chi connectivity index (χ0n) is 11.7. The van der Waals surface area contributed by atoms with Gasteiger partial charge in [0.25, 0.3) is 0 Å². The normalized spacial score (nSPS) is 10.9. The van der Waals surface area contributed by atoms with Gasteiger partial charge in [0.2, 0.25) is 0 Å². The first-order valence-corrected chi connectivity index (χ1v) is 6.38. The van der Waals surface area contributed by atoms with Gasteiger partial charge in [-0.3, -0.25) is 9.88 Å². The van der Waals surface area contributed by atoms with Crippen molar-refractivity contribution in [1.29, 1.82) is 0 Å². The molecule has 0 radical (unpaired) electrons. The van der Waals surface area contributed by atoms with Crippen LogP contribution in [-0.2, 0) is 20.1 Å². The van der Waals surface area contributed by atoms with Crippen LogP contribution in [0.25, 0.3) is 0 Å². The Morgan fingerprint density at radius 1 is 1.21 bits per heavy atom. The lowest BCUT2D eigenvalue weighted by Gasteiger charge is -2.15. The Kier molecular flexibility index (Phi) is 4.46. The molecule has 0 fully saturated rings. The highest BCUT2D eigenvalue weighted by Gasteiger charge is 2.06. The van der Waals surface area contributed by atoms with E-state index in [-0.39, 0.29) is 0 Å². The molecule has 0 aromatic carbocycles. The zero-order valence-corrected chi connectivity index (χ0v) is 11.7. The molecule has 0 saturated heterocycles. The van der Waals surface area contributed by atoms with Gasteiger partial charge in [-0.15, -0.1) is 0 Å². The minimum absolute atomic E-state index is 0.756. The molecule has 0 saturated carbocycles. The number of hydrogen-bond acceptors (Lipinski definition) is 5. The first-order valence-electron chi connectivity index (χ1n) is 6.38. The smallest absolute Gasteiger partial charge is 0.144 e. The first-order chi connectivity index (χ1) is 9.19. The summed E-state index contributed by atoms with van der Waals surface area (Å²) in [5.41, 5.74) is 0.957.